The zero-order valence-electron chi connectivity index (χ0n) is 15.5. The third-order valence-electron chi connectivity index (χ3n) is 4.27. The molecule has 1 unspecified atom stereocenters. The fraction of sp³-hybridized carbons (Fsp3) is 0.190. The van der Waals surface area contributed by atoms with Crippen LogP contribution in [0.25, 0.3) is 0 Å². The molecule has 0 radical (unpaired) electrons. The molecule has 8 heteroatoms. The normalized spacial score (nSPS) is 12.4. The fourth-order valence-electron chi connectivity index (χ4n) is 2.82. The minimum absolute atomic E-state index is 0.166. The van der Waals surface area contributed by atoms with E-state index in [9.17, 15) is 13.2 Å². The monoisotopic (exact) mass is 492 g/mol. The first-order valence-corrected chi connectivity index (χ1v) is 12.2. The highest BCUT2D eigenvalue weighted by Gasteiger charge is 2.27. The van der Waals surface area contributed by atoms with Gasteiger partial charge in [0.05, 0.1) is 3.79 Å². The zero-order valence-corrected chi connectivity index (χ0v) is 18.8. The van der Waals surface area contributed by atoms with Gasteiger partial charge in [-0.3, -0.25) is 4.79 Å². The number of benzene rings is 2. The van der Waals surface area contributed by atoms with Crippen LogP contribution in [0.4, 0.5) is 0 Å². The number of carbonyl (C=O) groups is 1. The summed E-state index contributed by atoms with van der Waals surface area (Å²) in [6.07, 6.45) is 0.943. The number of halogens is 1. The molecule has 0 fully saturated rings. The number of rotatable bonds is 9. The second-order valence-electron chi connectivity index (χ2n) is 6.45. The third kappa shape index (κ3) is 6.50. The summed E-state index contributed by atoms with van der Waals surface area (Å²) in [7, 11) is -3.80. The van der Waals surface area contributed by atoms with E-state index in [4.69, 9.17) is 0 Å². The number of hydrogen-bond donors (Lipinski definition) is 2. The first kappa shape index (κ1) is 21.7. The van der Waals surface area contributed by atoms with Gasteiger partial charge in [0.15, 0.2) is 0 Å². The summed E-state index contributed by atoms with van der Waals surface area (Å²) in [5.74, 6) is -0.344. The van der Waals surface area contributed by atoms with Crippen LogP contribution in [0.3, 0.4) is 0 Å². The van der Waals surface area contributed by atoms with E-state index >= 15 is 0 Å². The summed E-state index contributed by atoms with van der Waals surface area (Å²) < 4.78 is 28.9. The van der Waals surface area contributed by atoms with E-state index in [0.29, 0.717) is 16.8 Å². The molecule has 0 aliphatic carbocycles. The first-order valence-electron chi connectivity index (χ1n) is 9.07. The molecule has 5 nitrogen and oxygen atoms in total. The summed E-state index contributed by atoms with van der Waals surface area (Å²) in [5, 5.41) is 2.86. The van der Waals surface area contributed by atoms with Crippen molar-refractivity contribution >= 4 is 43.2 Å². The van der Waals surface area contributed by atoms with E-state index in [2.05, 4.69) is 26.0 Å². The van der Waals surface area contributed by atoms with Crippen molar-refractivity contribution in [2.45, 2.75) is 23.1 Å². The average Bonchev–Trinajstić information content (AvgIpc) is 3.16. The lowest BCUT2D eigenvalue weighted by Crippen LogP contribution is -2.48. The second kappa shape index (κ2) is 10.2. The first-order chi connectivity index (χ1) is 13.9. The van der Waals surface area contributed by atoms with Gasteiger partial charge >= 0.3 is 0 Å². The van der Waals surface area contributed by atoms with Gasteiger partial charge in [0.25, 0.3) is 10.0 Å². The molecule has 2 N–H and O–H groups in total. The number of thiophene rings is 1. The zero-order chi connectivity index (χ0) is 20.7. The Morgan fingerprint density at radius 3 is 2.14 bits per heavy atom. The van der Waals surface area contributed by atoms with E-state index in [1.54, 1.807) is 6.07 Å². The lowest BCUT2D eigenvalue weighted by atomic mass is 10.1. The Morgan fingerprint density at radius 1 is 0.931 bits per heavy atom. The van der Waals surface area contributed by atoms with Gasteiger partial charge in [0.1, 0.15) is 10.3 Å². The summed E-state index contributed by atoms with van der Waals surface area (Å²) in [4.78, 5) is 12.8. The Labute approximate surface area is 183 Å². The van der Waals surface area contributed by atoms with Gasteiger partial charge < -0.3 is 5.32 Å². The van der Waals surface area contributed by atoms with E-state index in [1.807, 2.05) is 60.7 Å². The van der Waals surface area contributed by atoms with Crippen LogP contribution in [-0.4, -0.2) is 26.9 Å². The Kier molecular flexibility index (Phi) is 7.60. The van der Waals surface area contributed by atoms with Crippen molar-refractivity contribution in [3.05, 3.63) is 87.7 Å². The van der Waals surface area contributed by atoms with Crippen molar-refractivity contribution < 1.29 is 13.2 Å². The maximum Gasteiger partial charge on any atom is 0.250 e. The molecule has 0 spiro atoms. The van der Waals surface area contributed by atoms with Gasteiger partial charge in [0, 0.05) is 6.54 Å². The number of amides is 1. The van der Waals surface area contributed by atoms with E-state index in [1.165, 1.54) is 6.07 Å². The Morgan fingerprint density at radius 2 is 1.55 bits per heavy atom. The van der Waals surface area contributed by atoms with Crippen LogP contribution in [0.15, 0.2) is 80.8 Å². The minimum atomic E-state index is -3.80. The van der Waals surface area contributed by atoms with Gasteiger partial charge in [0.2, 0.25) is 5.91 Å². The van der Waals surface area contributed by atoms with E-state index in [-0.39, 0.29) is 16.5 Å². The Hall–Kier alpha value is -2.00. The van der Waals surface area contributed by atoms with Crippen LogP contribution >= 0.6 is 27.3 Å². The molecule has 1 atom stereocenters. The predicted octanol–water partition coefficient (Wildman–Crippen LogP) is 3.76. The highest BCUT2D eigenvalue weighted by atomic mass is 79.9. The standard InChI is InChI=1S/C21H21BrN2O3S2/c22-19-11-12-20(28-19)29(26,27)24-18(15-17-9-5-2-6-10-17)21(25)23-14-13-16-7-3-1-4-8-16/h1-12,18,24H,13-15H2,(H,23,25). The lowest BCUT2D eigenvalue weighted by molar-refractivity contribution is -0.122. The SMILES string of the molecule is O=C(NCCc1ccccc1)C(Cc1ccccc1)NS(=O)(=O)c1ccc(Br)s1. The van der Waals surface area contributed by atoms with Gasteiger partial charge in [-0.25, -0.2) is 8.42 Å². The van der Waals surface area contributed by atoms with Crippen LogP contribution in [0, 0.1) is 0 Å². The molecular weight excluding hydrogens is 472 g/mol. The molecule has 0 saturated carbocycles. The molecule has 3 aromatic rings. The van der Waals surface area contributed by atoms with Gasteiger partial charge in [-0.05, 0) is 52.0 Å². The molecule has 0 bridgehead atoms. The van der Waals surface area contributed by atoms with E-state index in [0.717, 1.165) is 22.5 Å². The largest absolute Gasteiger partial charge is 0.354 e. The molecule has 1 heterocycles. The average molecular weight is 493 g/mol. The van der Waals surface area contributed by atoms with Crippen molar-refractivity contribution in [3.63, 3.8) is 0 Å². The molecule has 1 amide bonds. The predicted molar refractivity (Wildman–Crippen MR) is 119 cm³/mol. The highest BCUT2D eigenvalue weighted by molar-refractivity contribution is 9.11. The highest BCUT2D eigenvalue weighted by Crippen LogP contribution is 2.26. The van der Waals surface area contributed by atoms with Crippen LogP contribution in [0.1, 0.15) is 11.1 Å². The molecule has 0 aliphatic heterocycles. The molecule has 2 aromatic carbocycles. The number of sulfonamides is 1. The quantitative estimate of drug-likeness (QED) is 0.477. The molecule has 0 saturated heterocycles. The summed E-state index contributed by atoms with van der Waals surface area (Å²) >= 11 is 4.38. The number of carbonyl (C=O) groups excluding carboxylic acids is 1. The topological polar surface area (TPSA) is 75.3 Å². The van der Waals surface area contributed by atoms with Crippen LogP contribution < -0.4 is 10.0 Å². The van der Waals surface area contributed by atoms with Crippen LogP contribution in [0.5, 0.6) is 0 Å². The van der Waals surface area contributed by atoms with Crippen molar-refractivity contribution in [2.24, 2.45) is 0 Å². The molecule has 3 rings (SSSR count). The minimum Gasteiger partial charge on any atom is -0.354 e. The van der Waals surface area contributed by atoms with Crippen LogP contribution in [0.2, 0.25) is 0 Å². The molecule has 0 aliphatic rings. The van der Waals surface area contributed by atoms with Gasteiger partial charge in [-0.1, -0.05) is 60.7 Å². The second-order valence-corrected chi connectivity index (χ2v) is 10.9. The van der Waals surface area contributed by atoms with Crippen LogP contribution in [-0.2, 0) is 27.7 Å². The van der Waals surface area contributed by atoms with Gasteiger partial charge in [-0.15, -0.1) is 11.3 Å². The maximum atomic E-state index is 12.8. The summed E-state index contributed by atoms with van der Waals surface area (Å²) in [5.41, 5.74) is 1.99. The Bertz CT molecular complexity index is 1040. The molecule has 29 heavy (non-hydrogen) atoms. The molecule has 152 valence electrons. The van der Waals surface area contributed by atoms with Gasteiger partial charge in [-0.2, -0.15) is 4.72 Å². The Balaban J connectivity index is 1.70. The van der Waals surface area contributed by atoms with Crippen molar-refractivity contribution in [1.82, 2.24) is 10.0 Å². The summed E-state index contributed by atoms with van der Waals surface area (Å²) in [6, 6.07) is 21.5. The number of nitrogens with one attached hydrogen (secondary N) is 2. The molecule has 1 aromatic heterocycles. The maximum absolute atomic E-state index is 12.8. The molecular formula is C21H21BrN2O3S2. The fourth-order valence-corrected chi connectivity index (χ4v) is 6.05. The van der Waals surface area contributed by atoms with E-state index < -0.39 is 16.1 Å². The lowest BCUT2D eigenvalue weighted by Gasteiger charge is -2.18. The van der Waals surface area contributed by atoms with Crippen molar-refractivity contribution in [3.8, 4) is 0 Å². The smallest absolute Gasteiger partial charge is 0.250 e. The third-order valence-corrected chi connectivity index (χ3v) is 7.85. The van der Waals surface area contributed by atoms with Crippen molar-refractivity contribution in [1.29, 1.82) is 0 Å². The summed E-state index contributed by atoms with van der Waals surface area (Å²) in [6.45, 7) is 0.431. The van der Waals surface area contributed by atoms with Crippen molar-refractivity contribution in [2.75, 3.05) is 6.54 Å². The number of hydrogen-bond acceptors (Lipinski definition) is 4.